The van der Waals surface area contributed by atoms with Crippen LogP contribution in [0.1, 0.15) is 25.9 Å². The van der Waals surface area contributed by atoms with Gasteiger partial charge in [0, 0.05) is 55.8 Å². The molecule has 0 unspecified atom stereocenters. The zero-order valence-corrected chi connectivity index (χ0v) is 15.5. The van der Waals surface area contributed by atoms with Gasteiger partial charge in [-0.05, 0) is 31.3 Å². The fourth-order valence-corrected chi connectivity index (χ4v) is 3.57. The SMILES string of the molecule is CN1CCN(c2ccc(C(=O)NCCc3nc(C(=O)O)cs3)cc2)CC1. The number of benzene rings is 1. The Morgan fingerprint density at radius 2 is 1.88 bits per heavy atom. The van der Waals surface area contributed by atoms with E-state index >= 15 is 0 Å². The predicted octanol–water partition coefficient (Wildman–Crippen LogP) is 1.57. The molecule has 138 valence electrons. The first-order chi connectivity index (χ1) is 12.5. The molecule has 2 aromatic rings. The molecule has 1 amide bonds. The Labute approximate surface area is 156 Å². The van der Waals surface area contributed by atoms with E-state index in [0.29, 0.717) is 23.5 Å². The summed E-state index contributed by atoms with van der Waals surface area (Å²) in [4.78, 5) is 31.7. The molecule has 0 aliphatic carbocycles. The van der Waals surface area contributed by atoms with E-state index in [1.165, 1.54) is 16.7 Å². The number of amides is 1. The number of carboxylic acid groups (broad SMARTS) is 1. The third-order valence-corrected chi connectivity index (χ3v) is 5.30. The van der Waals surface area contributed by atoms with E-state index in [9.17, 15) is 9.59 Å². The first-order valence-corrected chi connectivity index (χ1v) is 9.40. The molecule has 1 aromatic heterocycles. The fourth-order valence-electron chi connectivity index (χ4n) is 2.80. The van der Waals surface area contributed by atoms with Crippen molar-refractivity contribution in [2.75, 3.05) is 44.7 Å². The number of hydrogen-bond donors (Lipinski definition) is 2. The van der Waals surface area contributed by atoms with E-state index in [-0.39, 0.29) is 11.6 Å². The monoisotopic (exact) mass is 374 g/mol. The van der Waals surface area contributed by atoms with Gasteiger partial charge in [-0.1, -0.05) is 0 Å². The molecule has 7 nitrogen and oxygen atoms in total. The zero-order chi connectivity index (χ0) is 18.5. The van der Waals surface area contributed by atoms with E-state index < -0.39 is 5.97 Å². The molecule has 1 fully saturated rings. The highest BCUT2D eigenvalue weighted by Crippen LogP contribution is 2.17. The molecule has 0 atom stereocenters. The predicted molar refractivity (Wildman–Crippen MR) is 101 cm³/mol. The van der Waals surface area contributed by atoms with Crippen LogP contribution in [0.4, 0.5) is 5.69 Å². The lowest BCUT2D eigenvalue weighted by molar-refractivity contribution is 0.0690. The summed E-state index contributed by atoms with van der Waals surface area (Å²) in [6.07, 6.45) is 0.517. The number of aromatic nitrogens is 1. The summed E-state index contributed by atoms with van der Waals surface area (Å²) in [5.74, 6) is -1.16. The maximum atomic E-state index is 12.2. The molecule has 0 radical (unpaired) electrons. The van der Waals surface area contributed by atoms with E-state index in [0.717, 1.165) is 31.9 Å². The minimum absolute atomic E-state index is 0.0517. The van der Waals surface area contributed by atoms with Gasteiger partial charge in [0.2, 0.25) is 0 Å². The number of piperazine rings is 1. The largest absolute Gasteiger partial charge is 0.476 e. The number of carbonyl (C=O) groups excluding carboxylic acids is 1. The molecule has 1 aliphatic rings. The number of thiazole rings is 1. The van der Waals surface area contributed by atoms with Gasteiger partial charge in [-0.2, -0.15) is 0 Å². The van der Waals surface area contributed by atoms with Crippen LogP contribution in [0, 0.1) is 0 Å². The van der Waals surface area contributed by atoms with E-state index in [1.807, 2.05) is 24.3 Å². The molecule has 0 spiro atoms. The van der Waals surface area contributed by atoms with Gasteiger partial charge in [0.05, 0.1) is 5.01 Å². The van der Waals surface area contributed by atoms with Crippen molar-refractivity contribution >= 4 is 28.9 Å². The van der Waals surface area contributed by atoms with Gasteiger partial charge >= 0.3 is 5.97 Å². The van der Waals surface area contributed by atoms with Crippen molar-refractivity contribution in [3.8, 4) is 0 Å². The summed E-state index contributed by atoms with van der Waals surface area (Å²) in [5.41, 5.74) is 1.81. The third kappa shape index (κ3) is 4.59. The number of aromatic carboxylic acids is 1. The maximum absolute atomic E-state index is 12.2. The molecule has 0 saturated carbocycles. The number of carboxylic acids is 1. The van der Waals surface area contributed by atoms with Crippen LogP contribution in [-0.4, -0.2) is 66.6 Å². The van der Waals surface area contributed by atoms with Crippen molar-refractivity contribution < 1.29 is 14.7 Å². The third-order valence-electron chi connectivity index (χ3n) is 4.39. The van der Waals surface area contributed by atoms with Crippen molar-refractivity contribution in [1.82, 2.24) is 15.2 Å². The second-order valence-electron chi connectivity index (χ2n) is 6.27. The Kier molecular flexibility index (Phi) is 5.85. The van der Waals surface area contributed by atoms with Crippen molar-refractivity contribution in [3.05, 3.63) is 45.9 Å². The minimum atomic E-state index is -1.03. The normalized spacial score (nSPS) is 15.0. The van der Waals surface area contributed by atoms with Crippen LogP contribution in [0.5, 0.6) is 0 Å². The Balaban J connectivity index is 1.49. The van der Waals surface area contributed by atoms with Crippen molar-refractivity contribution in [1.29, 1.82) is 0 Å². The maximum Gasteiger partial charge on any atom is 0.355 e. The number of rotatable bonds is 6. The Morgan fingerprint density at radius 1 is 1.19 bits per heavy atom. The second-order valence-corrected chi connectivity index (χ2v) is 7.22. The van der Waals surface area contributed by atoms with Gasteiger partial charge in [-0.15, -0.1) is 11.3 Å². The standard InChI is InChI=1S/C18H22N4O3S/c1-21-8-10-22(11-9-21)14-4-2-13(3-5-14)17(23)19-7-6-16-20-15(12-26-16)18(24)25/h2-5,12H,6-11H2,1H3,(H,19,23)(H,24,25). The smallest absolute Gasteiger partial charge is 0.355 e. The topological polar surface area (TPSA) is 85.8 Å². The van der Waals surface area contributed by atoms with Gasteiger partial charge in [0.15, 0.2) is 5.69 Å². The highest BCUT2D eigenvalue weighted by molar-refractivity contribution is 7.09. The van der Waals surface area contributed by atoms with Crippen LogP contribution in [0.25, 0.3) is 0 Å². The van der Waals surface area contributed by atoms with Crippen molar-refractivity contribution in [2.24, 2.45) is 0 Å². The zero-order valence-electron chi connectivity index (χ0n) is 14.6. The molecule has 1 aromatic carbocycles. The summed E-state index contributed by atoms with van der Waals surface area (Å²) >= 11 is 1.29. The Morgan fingerprint density at radius 3 is 2.50 bits per heavy atom. The van der Waals surface area contributed by atoms with Crippen LogP contribution >= 0.6 is 11.3 Å². The first kappa shape index (κ1) is 18.3. The van der Waals surface area contributed by atoms with Crippen LogP contribution in [0.3, 0.4) is 0 Å². The summed E-state index contributed by atoms with van der Waals surface area (Å²) in [7, 11) is 2.12. The molecule has 2 heterocycles. The molecular weight excluding hydrogens is 352 g/mol. The molecule has 2 N–H and O–H groups in total. The van der Waals surface area contributed by atoms with Crippen LogP contribution in [0.2, 0.25) is 0 Å². The Hall–Kier alpha value is -2.45. The van der Waals surface area contributed by atoms with E-state index in [1.54, 1.807) is 0 Å². The van der Waals surface area contributed by atoms with E-state index in [2.05, 4.69) is 27.1 Å². The number of anilines is 1. The molecule has 0 bridgehead atoms. The van der Waals surface area contributed by atoms with Crippen LogP contribution in [-0.2, 0) is 6.42 Å². The first-order valence-electron chi connectivity index (χ1n) is 8.52. The second kappa shape index (κ2) is 8.29. The highest BCUT2D eigenvalue weighted by atomic mass is 32.1. The highest BCUT2D eigenvalue weighted by Gasteiger charge is 2.15. The number of carbonyl (C=O) groups is 2. The Bertz CT molecular complexity index is 767. The van der Waals surface area contributed by atoms with E-state index in [4.69, 9.17) is 5.11 Å². The quantitative estimate of drug-likeness (QED) is 0.798. The molecule has 1 saturated heterocycles. The summed E-state index contributed by atoms with van der Waals surface area (Å²) < 4.78 is 0. The summed E-state index contributed by atoms with van der Waals surface area (Å²) in [6.45, 7) is 4.50. The van der Waals surface area contributed by atoms with Crippen LogP contribution < -0.4 is 10.2 Å². The number of hydrogen-bond acceptors (Lipinski definition) is 6. The van der Waals surface area contributed by atoms with Gasteiger partial charge in [0.25, 0.3) is 5.91 Å². The van der Waals surface area contributed by atoms with Gasteiger partial charge < -0.3 is 20.2 Å². The molecule has 1 aliphatic heterocycles. The molecule has 3 rings (SSSR count). The van der Waals surface area contributed by atoms with Crippen LogP contribution in [0.15, 0.2) is 29.6 Å². The molecular formula is C18H22N4O3S. The lowest BCUT2D eigenvalue weighted by Crippen LogP contribution is -2.44. The van der Waals surface area contributed by atoms with Crippen molar-refractivity contribution in [3.63, 3.8) is 0 Å². The summed E-state index contributed by atoms with van der Waals surface area (Å²) in [5, 5.41) is 13.9. The number of likely N-dealkylation sites (N-methyl/N-ethyl adjacent to an activating group) is 1. The lowest BCUT2D eigenvalue weighted by Gasteiger charge is -2.34. The summed E-state index contributed by atoms with van der Waals surface area (Å²) in [6, 6.07) is 7.66. The average Bonchev–Trinajstić information content (AvgIpc) is 3.12. The van der Waals surface area contributed by atoms with Gasteiger partial charge in [0.1, 0.15) is 0 Å². The fraction of sp³-hybridized carbons (Fsp3) is 0.389. The van der Waals surface area contributed by atoms with Gasteiger partial charge in [-0.3, -0.25) is 4.79 Å². The number of nitrogens with one attached hydrogen (secondary N) is 1. The molecule has 26 heavy (non-hydrogen) atoms. The average molecular weight is 374 g/mol. The minimum Gasteiger partial charge on any atom is -0.476 e. The molecule has 8 heteroatoms. The lowest BCUT2D eigenvalue weighted by atomic mass is 10.1. The number of nitrogens with zero attached hydrogens (tertiary/aromatic N) is 3. The van der Waals surface area contributed by atoms with Crippen molar-refractivity contribution in [2.45, 2.75) is 6.42 Å². The van der Waals surface area contributed by atoms with Gasteiger partial charge in [-0.25, -0.2) is 9.78 Å².